The molecule has 3 aromatic rings. The molecule has 3 rings (SSSR count). The van der Waals surface area contributed by atoms with Crippen molar-refractivity contribution < 1.29 is 14.3 Å². The number of aromatic nitrogens is 2. The van der Waals surface area contributed by atoms with Crippen molar-refractivity contribution in [2.45, 2.75) is 6.54 Å². The minimum Gasteiger partial charge on any atom is -0.452 e. The molecular formula is C18H13Cl2N3O3. The van der Waals surface area contributed by atoms with Crippen molar-refractivity contribution in [2.24, 2.45) is 0 Å². The minimum atomic E-state index is -0.614. The maximum atomic E-state index is 12.1. The van der Waals surface area contributed by atoms with Crippen LogP contribution in [0.15, 0.2) is 48.8 Å². The highest BCUT2D eigenvalue weighted by Crippen LogP contribution is 2.20. The van der Waals surface area contributed by atoms with Crippen molar-refractivity contribution in [1.82, 2.24) is 15.3 Å². The monoisotopic (exact) mass is 389 g/mol. The van der Waals surface area contributed by atoms with Crippen LogP contribution in [0.25, 0.3) is 11.0 Å². The molecule has 0 saturated heterocycles. The number of hydrogen-bond acceptors (Lipinski definition) is 5. The Kier molecular flexibility index (Phi) is 5.65. The summed E-state index contributed by atoms with van der Waals surface area (Å²) in [7, 11) is 0. The van der Waals surface area contributed by atoms with E-state index in [0.29, 0.717) is 32.2 Å². The third-order valence-corrected chi connectivity index (χ3v) is 4.12. The third-order valence-electron chi connectivity index (χ3n) is 3.53. The summed E-state index contributed by atoms with van der Waals surface area (Å²) in [5, 5.41) is 3.59. The molecule has 8 heteroatoms. The summed E-state index contributed by atoms with van der Waals surface area (Å²) in [5.41, 5.74) is 2.25. The molecule has 0 bridgehead atoms. The van der Waals surface area contributed by atoms with Crippen LogP contribution in [0.1, 0.15) is 15.9 Å². The number of carbonyl (C=O) groups is 2. The molecule has 0 unspecified atom stereocenters. The van der Waals surface area contributed by atoms with Gasteiger partial charge in [-0.25, -0.2) is 4.79 Å². The van der Waals surface area contributed by atoms with Gasteiger partial charge in [-0.15, -0.1) is 0 Å². The zero-order chi connectivity index (χ0) is 18.5. The third kappa shape index (κ3) is 4.47. The van der Waals surface area contributed by atoms with Gasteiger partial charge in [-0.05, 0) is 35.9 Å². The van der Waals surface area contributed by atoms with E-state index in [4.69, 9.17) is 27.9 Å². The molecular weight excluding hydrogens is 377 g/mol. The highest BCUT2D eigenvalue weighted by atomic mass is 35.5. The summed E-state index contributed by atoms with van der Waals surface area (Å²) in [6, 6.07) is 9.79. The molecule has 0 aliphatic heterocycles. The van der Waals surface area contributed by atoms with Gasteiger partial charge in [-0.3, -0.25) is 14.8 Å². The van der Waals surface area contributed by atoms with E-state index in [9.17, 15) is 9.59 Å². The first-order valence-corrected chi connectivity index (χ1v) is 8.37. The normalized spacial score (nSPS) is 10.5. The summed E-state index contributed by atoms with van der Waals surface area (Å²) in [6.45, 7) is -0.194. The van der Waals surface area contributed by atoms with Gasteiger partial charge in [0.2, 0.25) is 0 Å². The number of rotatable bonds is 5. The van der Waals surface area contributed by atoms with E-state index in [2.05, 4.69) is 15.3 Å². The Balaban J connectivity index is 1.54. The van der Waals surface area contributed by atoms with Gasteiger partial charge in [0.25, 0.3) is 5.91 Å². The van der Waals surface area contributed by atoms with Crippen LogP contribution in [0.5, 0.6) is 0 Å². The van der Waals surface area contributed by atoms with Crippen LogP contribution in [0.3, 0.4) is 0 Å². The van der Waals surface area contributed by atoms with Crippen LogP contribution in [-0.4, -0.2) is 28.5 Å². The number of ether oxygens (including phenoxy) is 1. The van der Waals surface area contributed by atoms with Gasteiger partial charge in [-0.1, -0.05) is 29.3 Å². The number of nitrogens with zero attached hydrogens (tertiary/aromatic N) is 2. The zero-order valence-electron chi connectivity index (χ0n) is 13.4. The fraction of sp³-hybridized carbons (Fsp3) is 0.111. The highest BCUT2D eigenvalue weighted by Gasteiger charge is 2.12. The summed E-state index contributed by atoms with van der Waals surface area (Å²) >= 11 is 11.9. The Labute approximate surface area is 159 Å². The van der Waals surface area contributed by atoms with Crippen molar-refractivity contribution in [3.05, 3.63) is 70.0 Å². The number of halogens is 2. The first-order valence-electron chi connectivity index (χ1n) is 7.61. The lowest BCUT2D eigenvalue weighted by Gasteiger charge is -2.08. The zero-order valence-corrected chi connectivity index (χ0v) is 14.9. The van der Waals surface area contributed by atoms with Crippen molar-refractivity contribution in [2.75, 3.05) is 6.61 Å². The van der Waals surface area contributed by atoms with E-state index in [0.717, 1.165) is 0 Å². The molecule has 0 fully saturated rings. The quantitative estimate of drug-likeness (QED) is 0.676. The average Bonchev–Trinajstić information content (AvgIpc) is 2.65. The summed E-state index contributed by atoms with van der Waals surface area (Å²) in [6.07, 6.45) is 3.10. The Morgan fingerprint density at radius 2 is 1.77 bits per heavy atom. The molecule has 1 N–H and O–H groups in total. The Morgan fingerprint density at radius 3 is 2.54 bits per heavy atom. The standard InChI is InChI=1S/C18H13Cl2N3O3/c19-13-3-1-12(14(20)8-13)9-23-17(24)10-26-18(25)11-2-4-15-16(7-11)22-6-5-21-15/h1-8H,9-10H2,(H,23,24). The number of carbonyl (C=O) groups excluding carboxylic acids is 2. The molecule has 0 atom stereocenters. The molecule has 0 spiro atoms. The lowest BCUT2D eigenvalue weighted by molar-refractivity contribution is -0.124. The molecule has 0 aliphatic carbocycles. The van der Waals surface area contributed by atoms with Crippen molar-refractivity contribution >= 4 is 46.1 Å². The molecule has 6 nitrogen and oxygen atoms in total. The van der Waals surface area contributed by atoms with Gasteiger partial charge in [0.1, 0.15) is 0 Å². The maximum Gasteiger partial charge on any atom is 0.338 e. The fourth-order valence-corrected chi connectivity index (χ4v) is 2.69. The molecule has 132 valence electrons. The molecule has 1 amide bonds. The molecule has 1 aromatic heterocycles. The Morgan fingerprint density at radius 1 is 1.00 bits per heavy atom. The van der Waals surface area contributed by atoms with Gasteiger partial charge >= 0.3 is 5.97 Å². The Bertz CT molecular complexity index is 979. The molecule has 2 aromatic carbocycles. The van der Waals surface area contributed by atoms with E-state index < -0.39 is 18.5 Å². The first-order chi connectivity index (χ1) is 12.5. The molecule has 0 radical (unpaired) electrons. The second-order valence-corrected chi connectivity index (χ2v) is 6.19. The van der Waals surface area contributed by atoms with Crippen LogP contribution < -0.4 is 5.32 Å². The lowest BCUT2D eigenvalue weighted by atomic mass is 10.2. The van der Waals surface area contributed by atoms with Gasteiger partial charge in [-0.2, -0.15) is 0 Å². The number of nitrogens with one attached hydrogen (secondary N) is 1. The Hall–Kier alpha value is -2.70. The van der Waals surface area contributed by atoms with Crippen molar-refractivity contribution in [3.8, 4) is 0 Å². The average molecular weight is 390 g/mol. The number of benzene rings is 2. The van der Waals surface area contributed by atoms with Gasteiger partial charge in [0, 0.05) is 29.0 Å². The van der Waals surface area contributed by atoms with E-state index >= 15 is 0 Å². The predicted molar refractivity (Wildman–Crippen MR) is 98.1 cm³/mol. The second-order valence-electron chi connectivity index (χ2n) is 5.35. The largest absolute Gasteiger partial charge is 0.452 e. The number of amides is 1. The van der Waals surface area contributed by atoms with Crippen molar-refractivity contribution in [3.63, 3.8) is 0 Å². The molecule has 26 heavy (non-hydrogen) atoms. The van der Waals surface area contributed by atoms with Crippen LogP contribution >= 0.6 is 23.2 Å². The fourth-order valence-electron chi connectivity index (χ4n) is 2.21. The first kappa shape index (κ1) is 18.1. The number of esters is 1. The van der Waals surface area contributed by atoms with E-state index in [-0.39, 0.29) is 6.54 Å². The lowest BCUT2D eigenvalue weighted by Crippen LogP contribution is -2.28. The van der Waals surface area contributed by atoms with Crippen molar-refractivity contribution in [1.29, 1.82) is 0 Å². The summed E-state index contributed by atoms with van der Waals surface area (Å²) < 4.78 is 5.02. The molecule has 0 aliphatic rings. The van der Waals surface area contributed by atoms with E-state index in [1.165, 1.54) is 6.20 Å². The number of hydrogen-bond donors (Lipinski definition) is 1. The van der Waals surface area contributed by atoms with Gasteiger partial charge in [0.05, 0.1) is 16.6 Å². The maximum absolute atomic E-state index is 12.1. The molecule has 0 saturated carbocycles. The van der Waals surface area contributed by atoms with Crippen LogP contribution in [0.4, 0.5) is 0 Å². The SMILES string of the molecule is O=C(COC(=O)c1ccc2nccnc2c1)NCc1ccc(Cl)cc1Cl. The highest BCUT2D eigenvalue weighted by molar-refractivity contribution is 6.35. The van der Waals surface area contributed by atoms with Crippen LogP contribution in [0.2, 0.25) is 10.0 Å². The van der Waals surface area contributed by atoms with Crippen LogP contribution in [-0.2, 0) is 16.1 Å². The molecule has 1 heterocycles. The van der Waals surface area contributed by atoms with E-state index in [1.54, 1.807) is 42.6 Å². The second kappa shape index (κ2) is 8.12. The topological polar surface area (TPSA) is 81.2 Å². The van der Waals surface area contributed by atoms with Crippen LogP contribution in [0, 0.1) is 0 Å². The predicted octanol–water partition coefficient (Wildman–Crippen LogP) is 3.41. The van der Waals surface area contributed by atoms with Gasteiger partial charge in [0.15, 0.2) is 6.61 Å². The smallest absolute Gasteiger partial charge is 0.338 e. The summed E-state index contributed by atoms with van der Waals surface area (Å²) in [4.78, 5) is 32.2. The van der Waals surface area contributed by atoms with E-state index in [1.807, 2.05) is 0 Å². The minimum absolute atomic E-state index is 0.206. The van der Waals surface area contributed by atoms with Gasteiger partial charge < -0.3 is 10.1 Å². The summed E-state index contributed by atoms with van der Waals surface area (Å²) in [5.74, 6) is -1.05. The number of fused-ring (bicyclic) bond motifs is 1.